The predicted molar refractivity (Wildman–Crippen MR) is 68.9 cm³/mol. The van der Waals surface area contributed by atoms with Gasteiger partial charge in [-0.25, -0.2) is 0 Å². The van der Waals surface area contributed by atoms with Crippen LogP contribution in [0.1, 0.15) is 0 Å². The predicted octanol–water partition coefficient (Wildman–Crippen LogP) is 2.96. The molecule has 16 heavy (non-hydrogen) atoms. The molecule has 0 aliphatic carbocycles. The zero-order valence-corrected chi connectivity index (χ0v) is 10.5. The van der Waals surface area contributed by atoms with Crippen LogP contribution in [-0.2, 0) is 6.54 Å². The quantitative estimate of drug-likeness (QED) is 0.839. The van der Waals surface area contributed by atoms with Crippen molar-refractivity contribution in [2.75, 3.05) is 12.0 Å². The Hall–Kier alpha value is -1.00. The fraction of sp³-hybridized carbons (Fsp3) is 0.273. The van der Waals surface area contributed by atoms with Crippen LogP contribution >= 0.6 is 23.4 Å². The summed E-state index contributed by atoms with van der Waals surface area (Å²) in [6.45, 7) is 0.831. The Labute approximate surface area is 104 Å². The SMILES string of the molecule is CSCCn1c(Cl)nnc1-c1ccccc1. The summed E-state index contributed by atoms with van der Waals surface area (Å²) in [7, 11) is 0. The maximum Gasteiger partial charge on any atom is 0.225 e. The average Bonchev–Trinajstić information content (AvgIpc) is 2.69. The van der Waals surface area contributed by atoms with Crippen LogP contribution in [0.5, 0.6) is 0 Å². The van der Waals surface area contributed by atoms with Gasteiger partial charge in [-0.15, -0.1) is 10.2 Å². The van der Waals surface area contributed by atoms with E-state index < -0.39 is 0 Å². The fourth-order valence-electron chi connectivity index (χ4n) is 1.47. The van der Waals surface area contributed by atoms with E-state index in [9.17, 15) is 0 Å². The van der Waals surface area contributed by atoms with Gasteiger partial charge in [-0.2, -0.15) is 11.8 Å². The molecule has 0 atom stereocenters. The van der Waals surface area contributed by atoms with Crippen LogP contribution in [0, 0.1) is 0 Å². The molecule has 3 nitrogen and oxygen atoms in total. The van der Waals surface area contributed by atoms with Gasteiger partial charge in [0, 0.05) is 17.9 Å². The molecule has 1 heterocycles. The van der Waals surface area contributed by atoms with E-state index in [1.54, 1.807) is 11.8 Å². The molecule has 0 saturated heterocycles. The molecule has 2 aromatic rings. The lowest BCUT2D eigenvalue weighted by molar-refractivity contribution is 0.777. The number of hydrogen-bond acceptors (Lipinski definition) is 3. The van der Waals surface area contributed by atoms with Crippen LogP contribution in [-0.4, -0.2) is 26.8 Å². The highest BCUT2D eigenvalue weighted by atomic mass is 35.5. The van der Waals surface area contributed by atoms with Crippen LogP contribution in [0.4, 0.5) is 0 Å². The maximum absolute atomic E-state index is 6.01. The van der Waals surface area contributed by atoms with Crippen molar-refractivity contribution in [3.63, 3.8) is 0 Å². The first-order valence-corrected chi connectivity index (χ1v) is 6.73. The van der Waals surface area contributed by atoms with E-state index in [2.05, 4.69) is 16.5 Å². The molecule has 84 valence electrons. The molecule has 5 heteroatoms. The fourth-order valence-corrected chi connectivity index (χ4v) is 2.03. The Morgan fingerprint density at radius 2 is 2.00 bits per heavy atom. The van der Waals surface area contributed by atoms with Gasteiger partial charge in [0.1, 0.15) is 0 Å². The molecule has 0 amide bonds. The number of rotatable bonds is 4. The van der Waals surface area contributed by atoms with Gasteiger partial charge in [0.05, 0.1) is 0 Å². The van der Waals surface area contributed by atoms with Gasteiger partial charge in [-0.1, -0.05) is 30.3 Å². The van der Waals surface area contributed by atoms with Crippen molar-refractivity contribution < 1.29 is 0 Å². The number of benzene rings is 1. The topological polar surface area (TPSA) is 30.7 Å². The summed E-state index contributed by atoms with van der Waals surface area (Å²) in [5.41, 5.74) is 1.04. The van der Waals surface area contributed by atoms with E-state index in [-0.39, 0.29) is 0 Å². The Morgan fingerprint density at radius 3 is 2.69 bits per heavy atom. The molecule has 0 bridgehead atoms. The van der Waals surface area contributed by atoms with Crippen molar-refractivity contribution >= 4 is 23.4 Å². The Bertz CT molecular complexity index is 456. The molecular formula is C11H12ClN3S. The van der Waals surface area contributed by atoms with Crippen molar-refractivity contribution in [3.05, 3.63) is 35.6 Å². The summed E-state index contributed by atoms with van der Waals surface area (Å²) < 4.78 is 1.94. The Kier molecular flexibility index (Phi) is 3.85. The minimum atomic E-state index is 0.452. The van der Waals surface area contributed by atoms with Crippen LogP contribution in [0.2, 0.25) is 5.28 Å². The van der Waals surface area contributed by atoms with Gasteiger partial charge in [-0.05, 0) is 17.9 Å². The van der Waals surface area contributed by atoms with Gasteiger partial charge in [0.15, 0.2) is 5.82 Å². The molecule has 0 aliphatic heterocycles. The van der Waals surface area contributed by atoms with E-state index >= 15 is 0 Å². The van der Waals surface area contributed by atoms with Gasteiger partial charge in [-0.3, -0.25) is 4.57 Å². The van der Waals surface area contributed by atoms with Crippen molar-refractivity contribution in [2.24, 2.45) is 0 Å². The molecule has 0 saturated carbocycles. The summed E-state index contributed by atoms with van der Waals surface area (Å²) in [4.78, 5) is 0. The first-order valence-electron chi connectivity index (χ1n) is 4.96. The number of hydrogen-bond donors (Lipinski definition) is 0. The molecule has 0 unspecified atom stereocenters. The van der Waals surface area contributed by atoms with Crippen LogP contribution in [0.3, 0.4) is 0 Å². The maximum atomic E-state index is 6.01. The Balaban J connectivity index is 2.34. The second-order valence-electron chi connectivity index (χ2n) is 3.30. The third-order valence-corrected chi connectivity index (χ3v) is 3.13. The van der Waals surface area contributed by atoms with Crippen LogP contribution in [0.15, 0.2) is 30.3 Å². The molecule has 2 rings (SSSR count). The second kappa shape index (κ2) is 5.37. The summed E-state index contributed by atoms with van der Waals surface area (Å²) in [5, 5.41) is 8.48. The third-order valence-electron chi connectivity index (χ3n) is 2.26. The van der Waals surface area contributed by atoms with E-state index in [4.69, 9.17) is 11.6 Å². The molecule has 1 aromatic carbocycles. The highest BCUT2D eigenvalue weighted by molar-refractivity contribution is 7.98. The van der Waals surface area contributed by atoms with Gasteiger partial charge < -0.3 is 0 Å². The van der Waals surface area contributed by atoms with Crippen molar-refractivity contribution in [2.45, 2.75) is 6.54 Å². The molecule has 0 aliphatic rings. The largest absolute Gasteiger partial charge is 0.297 e. The lowest BCUT2D eigenvalue weighted by Crippen LogP contribution is -2.02. The average molecular weight is 254 g/mol. The minimum Gasteiger partial charge on any atom is -0.297 e. The smallest absolute Gasteiger partial charge is 0.225 e. The first kappa shape index (κ1) is 11.5. The monoisotopic (exact) mass is 253 g/mol. The summed E-state index contributed by atoms with van der Waals surface area (Å²) in [6, 6.07) is 9.97. The number of aromatic nitrogens is 3. The van der Waals surface area contributed by atoms with Crippen molar-refractivity contribution in [3.8, 4) is 11.4 Å². The first-order chi connectivity index (χ1) is 7.83. The zero-order chi connectivity index (χ0) is 11.4. The lowest BCUT2D eigenvalue weighted by atomic mass is 10.2. The van der Waals surface area contributed by atoms with Crippen molar-refractivity contribution in [1.29, 1.82) is 0 Å². The Morgan fingerprint density at radius 1 is 1.25 bits per heavy atom. The van der Waals surface area contributed by atoms with E-state index in [1.807, 2.05) is 34.9 Å². The minimum absolute atomic E-state index is 0.452. The number of halogens is 1. The molecule has 0 spiro atoms. The normalized spacial score (nSPS) is 10.6. The highest BCUT2D eigenvalue weighted by Crippen LogP contribution is 2.20. The number of thioether (sulfide) groups is 1. The molecule has 0 N–H and O–H groups in total. The zero-order valence-electron chi connectivity index (χ0n) is 8.93. The van der Waals surface area contributed by atoms with E-state index in [0.717, 1.165) is 23.7 Å². The number of nitrogens with zero attached hydrogens (tertiary/aromatic N) is 3. The second-order valence-corrected chi connectivity index (χ2v) is 4.63. The molecule has 0 fully saturated rings. The van der Waals surface area contributed by atoms with E-state index in [0.29, 0.717) is 5.28 Å². The van der Waals surface area contributed by atoms with Gasteiger partial charge >= 0.3 is 0 Å². The van der Waals surface area contributed by atoms with Crippen LogP contribution in [0.25, 0.3) is 11.4 Å². The van der Waals surface area contributed by atoms with Gasteiger partial charge in [0.25, 0.3) is 0 Å². The molecule has 1 aromatic heterocycles. The summed E-state index contributed by atoms with van der Waals surface area (Å²) >= 11 is 7.79. The summed E-state index contributed by atoms with van der Waals surface area (Å²) in [5.74, 6) is 1.83. The van der Waals surface area contributed by atoms with Gasteiger partial charge in [0.2, 0.25) is 5.28 Å². The molecular weight excluding hydrogens is 242 g/mol. The highest BCUT2D eigenvalue weighted by Gasteiger charge is 2.10. The lowest BCUT2D eigenvalue weighted by Gasteiger charge is -2.06. The summed E-state index contributed by atoms with van der Waals surface area (Å²) in [6.07, 6.45) is 2.07. The van der Waals surface area contributed by atoms with E-state index in [1.165, 1.54) is 0 Å². The van der Waals surface area contributed by atoms with Crippen LogP contribution < -0.4 is 0 Å². The standard InChI is InChI=1S/C11H12ClN3S/c1-16-8-7-15-10(13-14-11(15)12)9-5-3-2-4-6-9/h2-6H,7-8H2,1H3. The third kappa shape index (κ3) is 2.39. The van der Waals surface area contributed by atoms with Crippen molar-refractivity contribution in [1.82, 2.24) is 14.8 Å². The molecule has 0 radical (unpaired) electrons.